The highest BCUT2D eigenvalue weighted by Crippen LogP contribution is 2.18. The van der Waals surface area contributed by atoms with Crippen molar-refractivity contribution >= 4 is 11.6 Å². The van der Waals surface area contributed by atoms with Crippen LogP contribution >= 0.6 is 0 Å². The summed E-state index contributed by atoms with van der Waals surface area (Å²) in [5.74, 6) is 0.0889. The summed E-state index contributed by atoms with van der Waals surface area (Å²) in [6.07, 6.45) is 3.54. The average Bonchev–Trinajstić information content (AvgIpc) is 3.40. The number of nitrogens with zero attached hydrogens (tertiary/aromatic N) is 3. The molecule has 0 aliphatic carbocycles. The summed E-state index contributed by atoms with van der Waals surface area (Å²) in [7, 11) is 0. The molecule has 1 amide bonds. The van der Waals surface area contributed by atoms with Crippen molar-refractivity contribution in [3.63, 3.8) is 0 Å². The first-order valence-corrected chi connectivity index (χ1v) is 9.74. The molecule has 2 fully saturated rings. The van der Waals surface area contributed by atoms with Crippen LogP contribution in [0.3, 0.4) is 0 Å². The van der Waals surface area contributed by atoms with E-state index in [0.29, 0.717) is 24.7 Å². The number of halogens is 1. The monoisotopic (exact) mass is 388 g/mol. The Labute approximate surface area is 163 Å². The zero-order valence-corrected chi connectivity index (χ0v) is 15.8. The van der Waals surface area contributed by atoms with Gasteiger partial charge in [-0.25, -0.2) is 9.37 Å². The van der Waals surface area contributed by atoms with Gasteiger partial charge >= 0.3 is 0 Å². The lowest BCUT2D eigenvalue weighted by molar-refractivity contribution is 0.0853. The van der Waals surface area contributed by atoms with Gasteiger partial charge in [0.2, 0.25) is 5.89 Å². The Morgan fingerprint density at radius 3 is 2.71 bits per heavy atom. The predicted molar refractivity (Wildman–Crippen MR) is 102 cm³/mol. The summed E-state index contributed by atoms with van der Waals surface area (Å²) in [6.45, 7) is 5.23. The van der Waals surface area contributed by atoms with Crippen LogP contribution in [-0.4, -0.2) is 61.2 Å². The SMILES string of the molecule is O=C(NCC1CCCO1)c1coc(CN2CCN(c3ccc(F)cc3)CC2)n1. The molecule has 4 rings (SSSR count). The van der Waals surface area contributed by atoms with E-state index < -0.39 is 0 Å². The number of oxazole rings is 1. The van der Waals surface area contributed by atoms with E-state index in [4.69, 9.17) is 9.15 Å². The molecule has 28 heavy (non-hydrogen) atoms. The molecule has 150 valence electrons. The minimum absolute atomic E-state index is 0.104. The maximum absolute atomic E-state index is 13.1. The predicted octanol–water partition coefficient (Wildman–Crippen LogP) is 2.04. The second kappa shape index (κ2) is 8.70. The molecular weight excluding hydrogens is 363 g/mol. The van der Waals surface area contributed by atoms with Crippen LogP contribution in [0.4, 0.5) is 10.1 Å². The van der Waals surface area contributed by atoms with Gasteiger partial charge in [0.05, 0.1) is 12.6 Å². The summed E-state index contributed by atoms with van der Waals surface area (Å²) in [4.78, 5) is 21.0. The number of carbonyl (C=O) groups excluding carboxylic acids is 1. The molecule has 8 heteroatoms. The Bertz CT molecular complexity index is 781. The van der Waals surface area contributed by atoms with Gasteiger partial charge in [0, 0.05) is 45.0 Å². The number of aromatic nitrogens is 1. The second-order valence-electron chi connectivity index (χ2n) is 7.21. The van der Waals surface area contributed by atoms with Gasteiger partial charge in [0.1, 0.15) is 12.1 Å². The first-order chi connectivity index (χ1) is 13.7. The highest BCUT2D eigenvalue weighted by Gasteiger charge is 2.21. The van der Waals surface area contributed by atoms with E-state index in [2.05, 4.69) is 20.1 Å². The van der Waals surface area contributed by atoms with Crippen molar-refractivity contribution < 1.29 is 18.3 Å². The van der Waals surface area contributed by atoms with Gasteiger partial charge in [-0.05, 0) is 37.1 Å². The van der Waals surface area contributed by atoms with Crippen molar-refractivity contribution in [1.29, 1.82) is 0 Å². The lowest BCUT2D eigenvalue weighted by atomic mass is 10.2. The first kappa shape index (κ1) is 18.9. The lowest BCUT2D eigenvalue weighted by Crippen LogP contribution is -2.46. The number of ether oxygens (including phenoxy) is 1. The van der Waals surface area contributed by atoms with Gasteiger partial charge < -0.3 is 19.4 Å². The second-order valence-corrected chi connectivity index (χ2v) is 7.21. The molecule has 2 aromatic rings. The maximum atomic E-state index is 13.1. The van der Waals surface area contributed by atoms with E-state index >= 15 is 0 Å². The topological polar surface area (TPSA) is 70.8 Å². The number of rotatable bonds is 6. The molecule has 2 aliphatic rings. The van der Waals surface area contributed by atoms with Crippen molar-refractivity contribution in [3.05, 3.63) is 47.9 Å². The number of anilines is 1. The molecule has 1 atom stereocenters. The van der Waals surface area contributed by atoms with Gasteiger partial charge in [-0.15, -0.1) is 0 Å². The Morgan fingerprint density at radius 2 is 2.00 bits per heavy atom. The summed E-state index contributed by atoms with van der Waals surface area (Å²) in [5.41, 5.74) is 1.33. The van der Waals surface area contributed by atoms with Crippen molar-refractivity contribution in [2.75, 3.05) is 44.2 Å². The van der Waals surface area contributed by atoms with Crippen molar-refractivity contribution in [1.82, 2.24) is 15.2 Å². The van der Waals surface area contributed by atoms with Crippen LogP contribution < -0.4 is 10.2 Å². The Hall–Kier alpha value is -2.45. The fourth-order valence-corrected chi connectivity index (χ4v) is 3.60. The largest absolute Gasteiger partial charge is 0.447 e. The van der Waals surface area contributed by atoms with Gasteiger partial charge in [0.15, 0.2) is 5.69 Å². The highest BCUT2D eigenvalue weighted by molar-refractivity contribution is 5.91. The zero-order valence-electron chi connectivity index (χ0n) is 15.8. The molecule has 0 saturated carbocycles. The zero-order chi connectivity index (χ0) is 19.3. The van der Waals surface area contributed by atoms with E-state index in [1.54, 1.807) is 12.1 Å². The minimum atomic E-state index is -0.230. The van der Waals surface area contributed by atoms with Crippen LogP contribution in [0.2, 0.25) is 0 Å². The molecular formula is C20H25FN4O3. The maximum Gasteiger partial charge on any atom is 0.273 e. The molecule has 0 spiro atoms. The van der Waals surface area contributed by atoms with Crippen LogP contribution in [0.15, 0.2) is 34.9 Å². The van der Waals surface area contributed by atoms with Crippen molar-refractivity contribution in [2.45, 2.75) is 25.5 Å². The quantitative estimate of drug-likeness (QED) is 0.817. The Kier molecular flexibility index (Phi) is 5.87. The fourth-order valence-electron chi connectivity index (χ4n) is 3.60. The van der Waals surface area contributed by atoms with E-state index in [9.17, 15) is 9.18 Å². The van der Waals surface area contributed by atoms with E-state index in [0.717, 1.165) is 51.3 Å². The number of hydrogen-bond acceptors (Lipinski definition) is 6. The summed E-state index contributed by atoms with van der Waals surface area (Å²) >= 11 is 0. The van der Waals surface area contributed by atoms with Gasteiger partial charge in [-0.2, -0.15) is 0 Å². The number of carbonyl (C=O) groups is 1. The summed E-state index contributed by atoms with van der Waals surface area (Å²) in [5, 5.41) is 2.85. The molecule has 7 nitrogen and oxygen atoms in total. The lowest BCUT2D eigenvalue weighted by Gasteiger charge is -2.35. The van der Waals surface area contributed by atoms with E-state index in [-0.39, 0.29) is 17.8 Å². The van der Waals surface area contributed by atoms with Crippen LogP contribution in [0, 0.1) is 5.82 Å². The molecule has 1 N–H and O–H groups in total. The molecule has 2 aliphatic heterocycles. The highest BCUT2D eigenvalue weighted by atomic mass is 19.1. The standard InChI is InChI=1S/C20H25FN4O3/c21-15-3-5-16(6-4-15)25-9-7-24(8-10-25)13-19-23-18(14-28-19)20(26)22-12-17-2-1-11-27-17/h3-6,14,17H,1-2,7-13H2,(H,22,26). The smallest absolute Gasteiger partial charge is 0.273 e. The van der Waals surface area contributed by atoms with Crippen molar-refractivity contribution in [2.24, 2.45) is 0 Å². The third kappa shape index (κ3) is 4.69. The molecule has 0 radical (unpaired) electrons. The van der Waals surface area contributed by atoms with Crippen LogP contribution in [0.5, 0.6) is 0 Å². The van der Waals surface area contributed by atoms with Crippen LogP contribution in [0.1, 0.15) is 29.2 Å². The third-order valence-electron chi connectivity index (χ3n) is 5.22. The van der Waals surface area contributed by atoms with Crippen LogP contribution in [-0.2, 0) is 11.3 Å². The van der Waals surface area contributed by atoms with Crippen LogP contribution in [0.25, 0.3) is 0 Å². The van der Waals surface area contributed by atoms with Crippen molar-refractivity contribution in [3.8, 4) is 0 Å². The molecule has 3 heterocycles. The minimum Gasteiger partial charge on any atom is -0.447 e. The number of amides is 1. The molecule has 1 aromatic carbocycles. The van der Waals surface area contributed by atoms with E-state index in [1.165, 1.54) is 18.4 Å². The first-order valence-electron chi connectivity index (χ1n) is 9.74. The number of hydrogen-bond donors (Lipinski definition) is 1. The summed E-state index contributed by atoms with van der Waals surface area (Å²) in [6, 6.07) is 6.58. The Balaban J connectivity index is 1.24. The number of benzene rings is 1. The third-order valence-corrected chi connectivity index (χ3v) is 5.22. The molecule has 1 unspecified atom stereocenters. The van der Waals surface area contributed by atoms with E-state index in [1.807, 2.05) is 0 Å². The normalized spacial score (nSPS) is 20.5. The summed E-state index contributed by atoms with van der Waals surface area (Å²) < 4.78 is 24.1. The average molecular weight is 388 g/mol. The van der Waals surface area contributed by atoms with Gasteiger partial charge in [-0.1, -0.05) is 0 Å². The molecule has 0 bridgehead atoms. The molecule has 1 aromatic heterocycles. The number of piperazine rings is 1. The molecule has 2 saturated heterocycles. The number of nitrogens with one attached hydrogen (secondary N) is 1. The van der Waals surface area contributed by atoms with Gasteiger partial charge in [-0.3, -0.25) is 9.69 Å². The van der Waals surface area contributed by atoms with Gasteiger partial charge in [0.25, 0.3) is 5.91 Å². The fraction of sp³-hybridized carbons (Fsp3) is 0.500. The Morgan fingerprint density at radius 1 is 1.21 bits per heavy atom.